The summed E-state index contributed by atoms with van der Waals surface area (Å²) in [4.78, 5) is 10.9. The van der Waals surface area contributed by atoms with Gasteiger partial charge in [-0.2, -0.15) is 0 Å². The van der Waals surface area contributed by atoms with Crippen molar-refractivity contribution in [2.24, 2.45) is 0 Å². The second-order valence-corrected chi connectivity index (χ2v) is 6.17. The van der Waals surface area contributed by atoms with E-state index in [0.717, 1.165) is 37.2 Å². The Balaban J connectivity index is 1.42. The SMILES string of the molecule is O=C(/C=C/c1ccc(NCCCC2CNc3ccccc32)cc1)NO. The summed E-state index contributed by atoms with van der Waals surface area (Å²) >= 11 is 0. The highest BCUT2D eigenvalue weighted by molar-refractivity contribution is 5.90. The summed E-state index contributed by atoms with van der Waals surface area (Å²) < 4.78 is 0. The van der Waals surface area contributed by atoms with Gasteiger partial charge < -0.3 is 10.6 Å². The normalized spacial score (nSPS) is 15.6. The number of benzene rings is 2. The van der Waals surface area contributed by atoms with Crippen molar-refractivity contribution in [1.82, 2.24) is 5.48 Å². The van der Waals surface area contributed by atoms with Crippen LogP contribution in [0.2, 0.25) is 0 Å². The Morgan fingerprint density at radius 1 is 1.20 bits per heavy atom. The Morgan fingerprint density at radius 2 is 2.00 bits per heavy atom. The lowest BCUT2D eigenvalue weighted by molar-refractivity contribution is -0.124. The third kappa shape index (κ3) is 4.61. The summed E-state index contributed by atoms with van der Waals surface area (Å²) in [6, 6.07) is 16.4. The first-order chi connectivity index (χ1) is 12.3. The average molecular weight is 337 g/mol. The zero-order valence-electron chi connectivity index (χ0n) is 14.0. The fraction of sp³-hybridized carbons (Fsp3) is 0.250. The Labute approximate surface area is 147 Å². The maximum Gasteiger partial charge on any atom is 0.267 e. The minimum Gasteiger partial charge on any atom is -0.385 e. The van der Waals surface area contributed by atoms with Crippen molar-refractivity contribution in [2.75, 3.05) is 23.7 Å². The molecule has 0 aromatic heterocycles. The van der Waals surface area contributed by atoms with E-state index in [1.165, 1.54) is 17.3 Å². The van der Waals surface area contributed by atoms with Crippen LogP contribution < -0.4 is 16.1 Å². The van der Waals surface area contributed by atoms with E-state index in [9.17, 15) is 4.79 Å². The molecule has 1 atom stereocenters. The molecule has 3 rings (SSSR count). The van der Waals surface area contributed by atoms with Crippen molar-refractivity contribution in [1.29, 1.82) is 0 Å². The van der Waals surface area contributed by atoms with E-state index >= 15 is 0 Å². The molecule has 4 N–H and O–H groups in total. The molecule has 0 fully saturated rings. The minimum atomic E-state index is -0.537. The van der Waals surface area contributed by atoms with E-state index in [2.05, 4.69) is 34.9 Å². The first-order valence-electron chi connectivity index (χ1n) is 8.55. The quantitative estimate of drug-likeness (QED) is 0.270. The number of hydrogen-bond acceptors (Lipinski definition) is 4. The van der Waals surface area contributed by atoms with Gasteiger partial charge >= 0.3 is 0 Å². The molecule has 1 aliphatic rings. The highest BCUT2D eigenvalue weighted by Crippen LogP contribution is 2.33. The molecule has 0 saturated carbocycles. The molecule has 1 heterocycles. The van der Waals surface area contributed by atoms with E-state index < -0.39 is 5.91 Å². The lowest BCUT2D eigenvalue weighted by Gasteiger charge is -2.11. The van der Waals surface area contributed by atoms with Crippen LogP contribution in [0.3, 0.4) is 0 Å². The van der Waals surface area contributed by atoms with Gasteiger partial charge in [0, 0.05) is 36.5 Å². The van der Waals surface area contributed by atoms with E-state index in [1.807, 2.05) is 24.3 Å². The van der Waals surface area contributed by atoms with Gasteiger partial charge in [-0.3, -0.25) is 10.0 Å². The molecule has 0 saturated heterocycles. The number of hydroxylamine groups is 1. The smallest absolute Gasteiger partial charge is 0.267 e. The molecule has 0 radical (unpaired) electrons. The molecule has 1 aliphatic heterocycles. The van der Waals surface area contributed by atoms with Crippen molar-refractivity contribution in [2.45, 2.75) is 18.8 Å². The fourth-order valence-electron chi connectivity index (χ4n) is 3.12. The van der Waals surface area contributed by atoms with Gasteiger partial charge in [0.2, 0.25) is 0 Å². The van der Waals surface area contributed by atoms with Gasteiger partial charge in [-0.1, -0.05) is 30.3 Å². The van der Waals surface area contributed by atoms with Gasteiger partial charge in [0.15, 0.2) is 0 Å². The molecule has 130 valence electrons. The predicted octanol–water partition coefficient (Wildman–Crippen LogP) is 3.61. The van der Waals surface area contributed by atoms with Crippen LogP contribution >= 0.6 is 0 Å². The molecule has 0 aliphatic carbocycles. The monoisotopic (exact) mass is 337 g/mol. The Kier molecular flexibility index (Phi) is 5.69. The fourth-order valence-corrected chi connectivity index (χ4v) is 3.12. The lowest BCUT2D eigenvalue weighted by Crippen LogP contribution is -2.14. The summed E-state index contributed by atoms with van der Waals surface area (Å²) in [7, 11) is 0. The molecule has 1 amide bonds. The van der Waals surface area contributed by atoms with Crippen molar-refractivity contribution >= 4 is 23.4 Å². The Bertz CT molecular complexity index is 741. The van der Waals surface area contributed by atoms with Crippen LogP contribution in [0.4, 0.5) is 11.4 Å². The minimum absolute atomic E-state index is 0.537. The topological polar surface area (TPSA) is 73.4 Å². The highest BCUT2D eigenvalue weighted by atomic mass is 16.5. The van der Waals surface area contributed by atoms with E-state index in [1.54, 1.807) is 11.6 Å². The number of hydrogen-bond donors (Lipinski definition) is 4. The van der Waals surface area contributed by atoms with Crippen LogP contribution in [-0.2, 0) is 4.79 Å². The van der Waals surface area contributed by atoms with E-state index in [0.29, 0.717) is 5.92 Å². The zero-order chi connectivity index (χ0) is 17.5. The van der Waals surface area contributed by atoms with Crippen molar-refractivity contribution in [3.63, 3.8) is 0 Å². The zero-order valence-corrected chi connectivity index (χ0v) is 14.0. The summed E-state index contributed by atoms with van der Waals surface area (Å²) in [6.45, 7) is 1.96. The second-order valence-electron chi connectivity index (χ2n) is 6.17. The lowest BCUT2D eigenvalue weighted by atomic mass is 9.96. The molecule has 5 nitrogen and oxygen atoms in total. The number of rotatable bonds is 7. The number of carbonyl (C=O) groups excluding carboxylic acids is 1. The number of fused-ring (bicyclic) bond motifs is 1. The molecular weight excluding hydrogens is 314 g/mol. The van der Waals surface area contributed by atoms with Crippen LogP contribution in [0, 0.1) is 0 Å². The standard InChI is InChI=1S/C20H23N3O2/c24-20(23-25)12-9-15-7-10-17(11-8-15)21-13-3-4-16-14-22-19-6-2-1-5-18(16)19/h1-2,5-12,16,21-22,25H,3-4,13-14H2,(H,23,24)/b12-9+. The number of nitrogens with one attached hydrogen (secondary N) is 3. The van der Waals surface area contributed by atoms with Crippen LogP contribution in [0.5, 0.6) is 0 Å². The van der Waals surface area contributed by atoms with Gasteiger partial charge in [0.1, 0.15) is 0 Å². The van der Waals surface area contributed by atoms with Crippen LogP contribution in [0.25, 0.3) is 6.08 Å². The van der Waals surface area contributed by atoms with E-state index in [4.69, 9.17) is 5.21 Å². The van der Waals surface area contributed by atoms with Crippen LogP contribution in [-0.4, -0.2) is 24.2 Å². The maximum absolute atomic E-state index is 10.9. The number of carbonyl (C=O) groups is 1. The average Bonchev–Trinajstić information content (AvgIpc) is 3.07. The maximum atomic E-state index is 10.9. The first kappa shape index (κ1) is 17.0. The molecule has 0 spiro atoms. The number of amides is 1. The predicted molar refractivity (Wildman–Crippen MR) is 101 cm³/mol. The van der Waals surface area contributed by atoms with Gasteiger partial charge in [-0.25, -0.2) is 5.48 Å². The summed E-state index contributed by atoms with van der Waals surface area (Å²) in [5.74, 6) is 0.0633. The summed E-state index contributed by atoms with van der Waals surface area (Å²) in [5, 5.41) is 15.3. The van der Waals surface area contributed by atoms with Gasteiger partial charge in [-0.15, -0.1) is 0 Å². The number of anilines is 2. The third-order valence-corrected chi connectivity index (χ3v) is 4.45. The largest absolute Gasteiger partial charge is 0.385 e. The van der Waals surface area contributed by atoms with Gasteiger partial charge in [-0.05, 0) is 48.2 Å². The molecule has 0 bridgehead atoms. The van der Waals surface area contributed by atoms with Crippen LogP contribution in [0.1, 0.15) is 29.9 Å². The Hall–Kier alpha value is -2.79. The number of para-hydroxylation sites is 1. The van der Waals surface area contributed by atoms with Gasteiger partial charge in [0.05, 0.1) is 0 Å². The van der Waals surface area contributed by atoms with Crippen molar-refractivity contribution in [3.05, 3.63) is 65.7 Å². The molecular formula is C20H23N3O2. The molecule has 2 aromatic rings. The van der Waals surface area contributed by atoms with Gasteiger partial charge in [0.25, 0.3) is 5.91 Å². The first-order valence-corrected chi connectivity index (χ1v) is 8.55. The van der Waals surface area contributed by atoms with E-state index in [-0.39, 0.29) is 0 Å². The third-order valence-electron chi connectivity index (χ3n) is 4.45. The molecule has 1 unspecified atom stereocenters. The highest BCUT2D eigenvalue weighted by Gasteiger charge is 2.20. The van der Waals surface area contributed by atoms with Crippen LogP contribution in [0.15, 0.2) is 54.6 Å². The van der Waals surface area contributed by atoms with Crippen molar-refractivity contribution in [3.8, 4) is 0 Å². The second kappa shape index (κ2) is 8.35. The Morgan fingerprint density at radius 3 is 2.80 bits per heavy atom. The summed E-state index contributed by atoms with van der Waals surface area (Å²) in [6.07, 6.45) is 5.21. The van der Waals surface area contributed by atoms with Crippen molar-refractivity contribution < 1.29 is 10.0 Å². The molecule has 5 heteroatoms. The molecule has 2 aromatic carbocycles. The summed E-state index contributed by atoms with van der Waals surface area (Å²) in [5.41, 5.74) is 6.25. The molecule has 25 heavy (non-hydrogen) atoms.